The zero-order valence-electron chi connectivity index (χ0n) is 11.1. The first-order chi connectivity index (χ1) is 10.4. The van der Waals surface area contributed by atoms with Crippen LogP contribution in [0.1, 0.15) is 25.7 Å². The van der Waals surface area contributed by atoms with Crippen molar-refractivity contribution in [3.05, 3.63) is 0 Å². The summed E-state index contributed by atoms with van der Waals surface area (Å²) in [5.41, 5.74) is 0. The second-order valence-corrected chi connectivity index (χ2v) is 3.83. The van der Waals surface area contributed by atoms with Crippen molar-refractivity contribution in [1.82, 2.24) is 10.1 Å². The Hall–Kier alpha value is -3.25. The molecule has 120 valence electrons. The minimum Gasteiger partial charge on any atom is -0.303 e. The van der Waals surface area contributed by atoms with Crippen LogP contribution in [0.2, 0.25) is 0 Å². The van der Waals surface area contributed by atoms with Crippen molar-refractivity contribution in [2.75, 3.05) is 0 Å². The van der Waals surface area contributed by atoms with E-state index < -0.39 is 29.8 Å². The van der Waals surface area contributed by atoms with Crippen molar-refractivity contribution in [2.24, 2.45) is 22.1 Å². The Morgan fingerprint density at radius 2 is 1.05 bits per heavy atom. The molecule has 0 radical (unpaired) electrons. The lowest BCUT2D eigenvalue weighted by molar-refractivity contribution is -0.198. The molecule has 22 heavy (non-hydrogen) atoms. The van der Waals surface area contributed by atoms with Crippen LogP contribution in [0, 0.1) is 0 Å². The molecule has 0 unspecified atom stereocenters. The fourth-order valence-corrected chi connectivity index (χ4v) is 1.48. The maximum absolute atomic E-state index is 11.2. The molecule has 2 rings (SSSR count). The summed E-state index contributed by atoms with van der Waals surface area (Å²) in [5, 5.41) is 5.79. The molecule has 2 aliphatic heterocycles. The first-order valence-corrected chi connectivity index (χ1v) is 5.82. The molecule has 0 atom stereocenters. The van der Waals surface area contributed by atoms with Crippen LogP contribution in [0.5, 0.6) is 0 Å². The monoisotopic (exact) mass is 316 g/mol. The number of hydroxylamine groups is 4. The summed E-state index contributed by atoms with van der Waals surface area (Å²) in [5.74, 6) is 5.99. The van der Waals surface area contributed by atoms with Crippen molar-refractivity contribution in [3.8, 4) is 0 Å². The lowest BCUT2D eigenvalue weighted by atomic mass is 10.4. The topological polar surface area (TPSA) is 187 Å². The Balaban J connectivity index is 0.000000541. The van der Waals surface area contributed by atoms with Gasteiger partial charge >= 0.3 is 6.16 Å². The zero-order valence-corrected chi connectivity index (χ0v) is 11.1. The van der Waals surface area contributed by atoms with Gasteiger partial charge in [0.05, 0.1) is 0 Å². The summed E-state index contributed by atoms with van der Waals surface area (Å²) in [6.07, 6.45) is -1.73. The highest BCUT2D eigenvalue weighted by Crippen LogP contribution is 2.15. The van der Waals surface area contributed by atoms with Gasteiger partial charge in [-0.2, -0.15) is 4.79 Å². The maximum Gasteiger partial charge on any atom is 0.560 e. The lowest BCUT2D eigenvalue weighted by Crippen LogP contribution is -2.37. The summed E-state index contributed by atoms with van der Waals surface area (Å²) >= 11 is 0. The van der Waals surface area contributed by atoms with E-state index in [2.05, 4.69) is 31.8 Å². The third-order valence-electron chi connectivity index (χ3n) is 2.41. The van der Waals surface area contributed by atoms with E-state index in [1.807, 2.05) is 0 Å². The van der Waals surface area contributed by atoms with Crippen LogP contribution in [-0.2, 0) is 28.9 Å². The molecule has 0 aromatic rings. The highest BCUT2D eigenvalue weighted by Gasteiger charge is 2.37. The first-order valence-electron chi connectivity index (χ1n) is 5.82. The predicted octanol–water partition coefficient (Wildman–Crippen LogP) is -1.55. The summed E-state index contributed by atoms with van der Waals surface area (Å²) < 4.78 is 0. The summed E-state index contributed by atoms with van der Waals surface area (Å²) in [6, 6.07) is 0. The quantitative estimate of drug-likeness (QED) is 0.263. The first kappa shape index (κ1) is 16.8. The van der Waals surface area contributed by atoms with Crippen molar-refractivity contribution in [3.63, 3.8) is 0 Å². The molecule has 0 aromatic carbocycles. The van der Waals surface area contributed by atoms with Gasteiger partial charge in [0, 0.05) is 25.7 Å². The maximum atomic E-state index is 11.2. The van der Waals surface area contributed by atoms with Gasteiger partial charge in [0.1, 0.15) is 0 Å². The van der Waals surface area contributed by atoms with E-state index in [0.717, 1.165) is 0 Å². The molecule has 0 aliphatic carbocycles. The van der Waals surface area contributed by atoms with Crippen LogP contribution in [0.4, 0.5) is 4.79 Å². The summed E-state index contributed by atoms with van der Waals surface area (Å²) in [7, 11) is 0. The van der Waals surface area contributed by atoms with Gasteiger partial charge < -0.3 is 11.7 Å². The highest BCUT2D eigenvalue weighted by molar-refractivity contribution is 6.02. The van der Waals surface area contributed by atoms with Gasteiger partial charge in [-0.25, -0.2) is 0 Å². The number of carbonyl (C=O) groups is 5. The molecule has 4 N–H and O–H groups in total. The van der Waals surface area contributed by atoms with Gasteiger partial charge in [-0.15, -0.1) is 0 Å². The molecule has 0 aromatic heterocycles. The Kier molecular flexibility index (Phi) is 5.74. The molecule has 2 saturated heterocycles. The molecule has 2 aliphatic rings. The van der Waals surface area contributed by atoms with E-state index >= 15 is 0 Å². The zero-order chi connectivity index (χ0) is 16.7. The smallest absolute Gasteiger partial charge is 0.303 e. The second kappa shape index (κ2) is 7.51. The SMILES string of the molecule is NN=NN.O=C(ON1C(=O)CCC1=O)ON1C(=O)CCC1=O. The van der Waals surface area contributed by atoms with Crippen LogP contribution in [0.25, 0.3) is 0 Å². The Morgan fingerprint density at radius 3 is 1.27 bits per heavy atom. The molecule has 2 fully saturated rings. The predicted molar refractivity (Wildman–Crippen MR) is 63.0 cm³/mol. The minimum absolute atomic E-state index is 0.0618. The number of nitrogens with zero attached hydrogens (tertiary/aromatic N) is 4. The summed E-state index contributed by atoms with van der Waals surface area (Å²) in [6.45, 7) is 0. The largest absolute Gasteiger partial charge is 0.560 e. The highest BCUT2D eigenvalue weighted by atomic mass is 16.9. The average molecular weight is 316 g/mol. The minimum atomic E-state index is -1.48. The molecular formula is C9H12N6O7. The van der Waals surface area contributed by atoms with E-state index in [1.54, 1.807) is 0 Å². The van der Waals surface area contributed by atoms with Crippen LogP contribution < -0.4 is 11.7 Å². The molecule has 0 saturated carbocycles. The molecule has 13 heteroatoms. The van der Waals surface area contributed by atoms with Gasteiger partial charge in [-0.05, 0) is 0 Å². The fraction of sp³-hybridized carbons (Fsp3) is 0.444. The third-order valence-corrected chi connectivity index (χ3v) is 2.41. The number of carbonyl (C=O) groups excluding carboxylic acids is 5. The van der Waals surface area contributed by atoms with Crippen molar-refractivity contribution < 1.29 is 33.6 Å². The van der Waals surface area contributed by atoms with Gasteiger partial charge in [0.2, 0.25) is 0 Å². The number of imide groups is 2. The van der Waals surface area contributed by atoms with E-state index in [1.165, 1.54) is 0 Å². The Morgan fingerprint density at radius 1 is 0.773 bits per heavy atom. The van der Waals surface area contributed by atoms with Crippen LogP contribution in [-0.4, -0.2) is 39.9 Å². The van der Waals surface area contributed by atoms with E-state index in [9.17, 15) is 24.0 Å². The number of hydrogen-bond donors (Lipinski definition) is 2. The van der Waals surface area contributed by atoms with Crippen LogP contribution in [0.15, 0.2) is 10.4 Å². The normalized spacial score (nSPS) is 17.8. The molecule has 2 heterocycles. The molecule has 0 spiro atoms. The summed E-state index contributed by atoms with van der Waals surface area (Å²) in [4.78, 5) is 64.3. The number of amides is 4. The Labute approximate surface area is 122 Å². The molecule has 0 bridgehead atoms. The number of nitrogens with two attached hydrogens (primary N) is 2. The third kappa shape index (κ3) is 4.12. The van der Waals surface area contributed by atoms with Gasteiger partial charge in [0.15, 0.2) is 0 Å². The van der Waals surface area contributed by atoms with E-state index in [0.29, 0.717) is 0 Å². The van der Waals surface area contributed by atoms with E-state index in [-0.39, 0.29) is 35.8 Å². The van der Waals surface area contributed by atoms with Crippen molar-refractivity contribution >= 4 is 29.8 Å². The lowest BCUT2D eigenvalue weighted by Gasteiger charge is -2.15. The fourth-order valence-electron chi connectivity index (χ4n) is 1.48. The average Bonchev–Trinajstić information content (AvgIpc) is 2.97. The van der Waals surface area contributed by atoms with Gasteiger partial charge in [0.25, 0.3) is 23.6 Å². The number of hydrogen-bond acceptors (Lipinski definition) is 9. The van der Waals surface area contributed by atoms with E-state index in [4.69, 9.17) is 0 Å². The molecule has 4 amide bonds. The van der Waals surface area contributed by atoms with Gasteiger partial charge in [-0.1, -0.05) is 20.6 Å². The molecule has 13 nitrogen and oxygen atoms in total. The van der Waals surface area contributed by atoms with Gasteiger partial charge in [-0.3, -0.25) is 28.9 Å². The second-order valence-electron chi connectivity index (χ2n) is 3.83. The van der Waals surface area contributed by atoms with Crippen molar-refractivity contribution in [1.29, 1.82) is 0 Å². The molecular weight excluding hydrogens is 304 g/mol. The Bertz CT molecular complexity index is 457. The van der Waals surface area contributed by atoms with Crippen molar-refractivity contribution in [2.45, 2.75) is 25.7 Å². The van der Waals surface area contributed by atoms with Crippen LogP contribution >= 0.6 is 0 Å². The standard InChI is InChI=1S/C9H8N2O7.H4N4/c12-5-1-2-6(13)10(5)17-9(16)18-11-7(14)3-4-8(11)15;1-3-4-2/h1-4H2;(H2,1,4)(H2,2,3). The number of rotatable bonds is 2. The van der Waals surface area contributed by atoms with Crippen LogP contribution in [0.3, 0.4) is 0 Å².